The summed E-state index contributed by atoms with van der Waals surface area (Å²) in [6.07, 6.45) is 7.32. The lowest BCUT2D eigenvalue weighted by Gasteiger charge is -2.19. The maximum atomic E-state index is 13.2. The third-order valence-electron chi connectivity index (χ3n) is 5.35. The largest absolute Gasteiger partial charge is 0.497 e. The maximum absolute atomic E-state index is 13.2. The third kappa shape index (κ3) is 3.90. The zero-order chi connectivity index (χ0) is 21.9. The third-order valence-corrected chi connectivity index (χ3v) is 5.35. The number of Topliss-reactive ketones (excluding diaryl/α,β-unsaturated/α-hetero) is 1. The Morgan fingerprint density at radius 3 is 2.78 bits per heavy atom. The molecule has 0 aliphatic carbocycles. The van der Waals surface area contributed by atoms with E-state index >= 15 is 0 Å². The molecule has 0 spiro atoms. The fraction of sp³-hybridized carbons (Fsp3) is 0.115. The predicted molar refractivity (Wildman–Crippen MR) is 122 cm³/mol. The van der Waals surface area contributed by atoms with Gasteiger partial charge < -0.3 is 9.47 Å². The molecule has 0 atom stereocenters. The molecule has 6 nitrogen and oxygen atoms in total. The summed E-state index contributed by atoms with van der Waals surface area (Å²) in [6, 6.07) is 19.2. The predicted octanol–water partition coefficient (Wildman–Crippen LogP) is 4.66. The first-order valence-corrected chi connectivity index (χ1v) is 10.3. The number of hydrogen-bond acceptors (Lipinski definition) is 5. The van der Waals surface area contributed by atoms with E-state index in [-0.39, 0.29) is 12.4 Å². The molecule has 0 fully saturated rings. The molecule has 5 rings (SSSR count). The van der Waals surface area contributed by atoms with Crippen LogP contribution in [-0.2, 0) is 6.54 Å². The summed E-state index contributed by atoms with van der Waals surface area (Å²) in [4.78, 5) is 17.4. The molecule has 2 aromatic heterocycles. The van der Waals surface area contributed by atoms with Crippen molar-refractivity contribution in [3.05, 3.63) is 102 Å². The van der Waals surface area contributed by atoms with Crippen molar-refractivity contribution < 1.29 is 14.3 Å². The Bertz CT molecular complexity index is 1290. The Morgan fingerprint density at radius 2 is 2.00 bits per heavy atom. The van der Waals surface area contributed by atoms with Crippen LogP contribution in [0.15, 0.2) is 84.8 Å². The van der Waals surface area contributed by atoms with E-state index in [4.69, 9.17) is 14.6 Å². The van der Waals surface area contributed by atoms with Crippen LogP contribution in [0.3, 0.4) is 0 Å². The van der Waals surface area contributed by atoms with E-state index in [9.17, 15) is 4.79 Å². The molecule has 1 aliphatic heterocycles. The molecule has 2 aromatic carbocycles. The highest BCUT2D eigenvalue weighted by molar-refractivity contribution is 6.14. The van der Waals surface area contributed by atoms with E-state index in [1.54, 1.807) is 37.7 Å². The van der Waals surface area contributed by atoms with Gasteiger partial charge in [-0.25, -0.2) is 0 Å². The molecule has 0 amide bonds. The second-order valence-corrected chi connectivity index (χ2v) is 7.51. The van der Waals surface area contributed by atoms with Crippen LogP contribution in [0.1, 0.15) is 21.5 Å². The molecule has 158 valence electrons. The van der Waals surface area contributed by atoms with Crippen molar-refractivity contribution in [3.8, 4) is 22.8 Å². The van der Waals surface area contributed by atoms with E-state index < -0.39 is 0 Å². The summed E-state index contributed by atoms with van der Waals surface area (Å²) < 4.78 is 13.0. The number of rotatable bonds is 5. The van der Waals surface area contributed by atoms with Gasteiger partial charge in [0, 0.05) is 35.3 Å². The summed E-state index contributed by atoms with van der Waals surface area (Å²) in [5.74, 6) is 1.12. The Balaban J connectivity index is 1.54. The van der Waals surface area contributed by atoms with Crippen molar-refractivity contribution in [1.82, 2.24) is 14.8 Å². The van der Waals surface area contributed by atoms with Crippen LogP contribution in [-0.4, -0.2) is 34.3 Å². The van der Waals surface area contributed by atoms with Crippen LogP contribution >= 0.6 is 0 Å². The zero-order valence-electron chi connectivity index (χ0n) is 17.6. The molecule has 0 saturated heterocycles. The highest BCUT2D eigenvalue weighted by Gasteiger charge is 2.25. The minimum absolute atomic E-state index is 0.0712. The smallest absolute Gasteiger partial charge is 0.196 e. The van der Waals surface area contributed by atoms with E-state index in [1.807, 2.05) is 47.3 Å². The summed E-state index contributed by atoms with van der Waals surface area (Å²) in [5, 5.41) is 4.80. The SMILES string of the molecule is COc1ccc2c(c1)C(=O)/C(=C/c1cn(Cc3ccccc3)nc1-c1cccnc1)CO2. The van der Waals surface area contributed by atoms with E-state index in [0.29, 0.717) is 29.2 Å². The topological polar surface area (TPSA) is 66.2 Å². The molecule has 0 unspecified atom stereocenters. The van der Waals surface area contributed by atoms with E-state index in [2.05, 4.69) is 17.1 Å². The molecule has 3 heterocycles. The molecule has 32 heavy (non-hydrogen) atoms. The monoisotopic (exact) mass is 423 g/mol. The van der Waals surface area contributed by atoms with Gasteiger partial charge in [0.2, 0.25) is 0 Å². The van der Waals surface area contributed by atoms with Gasteiger partial charge in [-0.3, -0.25) is 14.5 Å². The van der Waals surface area contributed by atoms with Crippen LogP contribution in [0.25, 0.3) is 17.3 Å². The van der Waals surface area contributed by atoms with Gasteiger partial charge in [0.25, 0.3) is 0 Å². The number of benzene rings is 2. The highest BCUT2D eigenvalue weighted by Crippen LogP contribution is 2.32. The fourth-order valence-corrected chi connectivity index (χ4v) is 3.75. The average Bonchev–Trinajstić information content (AvgIpc) is 3.24. The zero-order valence-corrected chi connectivity index (χ0v) is 17.6. The van der Waals surface area contributed by atoms with E-state index in [0.717, 1.165) is 22.4 Å². The van der Waals surface area contributed by atoms with E-state index in [1.165, 1.54) is 0 Å². The summed E-state index contributed by atoms with van der Waals surface area (Å²) in [6.45, 7) is 0.830. The minimum Gasteiger partial charge on any atom is -0.497 e. The van der Waals surface area contributed by atoms with Crippen LogP contribution in [0.4, 0.5) is 0 Å². The van der Waals surface area contributed by atoms with Gasteiger partial charge in [-0.1, -0.05) is 30.3 Å². The molecule has 6 heteroatoms. The molecular formula is C26H21N3O3. The van der Waals surface area contributed by atoms with Gasteiger partial charge in [-0.2, -0.15) is 5.10 Å². The Morgan fingerprint density at radius 1 is 1.12 bits per heavy atom. The highest BCUT2D eigenvalue weighted by atomic mass is 16.5. The Hall–Kier alpha value is -4.19. The number of methoxy groups -OCH3 is 1. The van der Waals surface area contributed by atoms with Crippen LogP contribution in [0.2, 0.25) is 0 Å². The second-order valence-electron chi connectivity index (χ2n) is 7.51. The number of hydrogen-bond donors (Lipinski definition) is 0. The van der Waals surface area contributed by atoms with Crippen molar-refractivity contribution in [1.29, 1.82) is 0 Å². The Labute approximate surface area is 185 Å². The van der Waals surface area contributed by atoms with Crippen LogP contribution < -0.4 is 9.47 Å². The van der Waals surface area contributed by atoms with Gasteiger partial charge in [-0.05, 0) is 42.0 Å². The van der Waals surface area contributed by atoms with Gasteiger partial charge in [0.1, 0.15) is 23.8 Å². The summed E-state index contributed by atoms with van der Waals surface area (Å²) in [5.41, 5.74) is 4.71. The van der Waals surface area contributed by atoms with Crippen LogP contribution in [0.5, 0.6) is 11.5 Å². The number of ether oxygens (including phenoxy) is 2. The van der Waals surface area contributed by atoms with Crippen LogP contribution in [0, 0.1) is 0 Å². The number of aromatic nitrogens is 3. The van der Waals surface area contributed by atoms with Crippen molar-refractivity contribution in [2.75, 3.05) is 13.7 Å². The lowest BCUT2D eigenvalue weighted by Crippen LogP contribution is -2.19. The molecule has 1 aliphatic rings. The number of carbonyl (C=O) groups excluding carboxylic acids is 1. The average molecular weight is 423 g/mol. The van der Waals surface area contributed by atoms with Crippen molar-refractivity contribution in [2.45, 2.75) is 6.54 Å². The first-order chi connectivity index (χ1) is 15.7. The van der Waals surface area contributed by atoms with Gasteiger partial charge >= 0.3 is 0 Å². The molecule has 0 radical (unpaired) electrons. The maximum Gasteiger partial charge on any atom is 0.196 e. The second kappa shape index (κ2) is 8.51. The van der Waals surface area contributed by atoms with Crippen molar-refractivity contribution >= 4 is 11.9 Å². The normalized spacial score (nSPS) is 14.2. The van der Waals surface area contributed by atoms with Crippen molar-refractivity contribution in [3.63, 3.8) is 0 Å². The summed E-state index contributed by atoms with van der Waals surface area (Å²) in [7, 11) is 1.58. The number of pyridine rings is 1. The first kappa shape index (κ1) is 19.8. The van der Waals surface area contributed by atoms with Crippen molar-refractivity contribution in [2.24, 2.45) is 0 Å². The molecule has 4 aromatic rings. The molecule has 0 bridgehead atoms. The standard InChI is InChI=1S/C26H21N3O3/c1-31-22-9-10-24-23(13-22)26(30)21(17-32-24)12-20-16-29(15-18-6-3-2-4-7-18)28-25(20)19-8-5-11-27-14-19/h2-14,16H,15,17H2,1H3/b21-12+. The molecule has 0 saturated carbocycles. The number of carbonyl (C=O) groups is 1. The molecular weight excluding hydrogens is 402 g/mol. The lowest BCUT2D eigenvalue weighted by atomic mass is 9.97. The quantitative estimate of drug-likeness (QED) is 0.437. The Kier molecular flexibility index (Phi) is 5.25. The fourth-order valence-electron chi connectivity index (χ4n) is 3.75. The van der Waals surface area contributed by atoms with Gasteiger partial charge in [0.15, 0.2) is 5.78 Å². The summed E-state index contributed by atoms with van der Waals surface area (Å²) >= 11 is 0. The first-order valence-electron chi connectivity index (χ1n) is 10.3. The number of ketones is 1. The minimum atomic E-state index is -0.0712. The molecule has 0 N–H and O–H groups in total. The number of fused-ring (bicyclic) bond motifs is 1. The lowest BCUT2D eigenvalue weighted by molar-refractivity contribution is 0.100. The van der Waals surface area contributed by atoms with Gasteiger partial charge in [0.05, 0.1) is 19.2 Å². The number of nitrogens with zero attached hydrogens (tertiary/aromatic N) is 3. The van der Waals surface area contributed by atoms with Gasteiger partial charge in [-0.15, -0.1) is 0 Å².